The van der Waals surface area contributed by atoms with E-state index in [1.165, 1.54) is 6.26 Å². The van der Waals surface area contributed by atoms with Gasteiger partial charge in [-0.25, -0.2) is 0 Å². The second-order valence-corrected chi connectivity index (χ2v) is 5.79. The lowest BCUT2D eigenvalue weighted by atomic mass is 10.1. The fourth-order valence-corrected chi connectivity index (χ4v) is 2.84. The Balaban J connectivity index is 1.57. The van der Waals surface area contributed by atoms with Gasteiger partial charge in [0, 0.05) is 23.8 Å². The van der Waals surface area contributed by atoms with Crippen molar-refractivity contribution in [3.05, 3.63) is 47.9 Å². The van der Waals surface area contributed by atoms with Crippen molar-refractivity contribution in [3.63, 3.8) is 0 Å². The van der Waals surface area contributed by atoms with Crippen molar-refractivity contribution in [1.29, 1.82) is 0 Å². The van der Waals surface area contributed by atoms with Crippen molar-refractivity contribution in [2.75, 3.05) is 16.8 Å². The van der Waals surface area contributed by atoms with E-state index >= 15 is 0 Å². The molecule has 4 rings (SSSR count). The molecule has 0 spiro atoms. The first-order chi connectivity index (χ1) is 10.7. The molecular weight excluding hydrogens is 280 g/mol. The van der Waals surface area contributed by atoms with Gasteiger partial charge in [-0.2, -0.15) is 0 Å². The summed E-state index contributed by atoms with van der Waals surface area (Å²) in [6.45, 7) is 0.736. The van der Waals surface area contributed by atoms with Crippen LogP contribution in [-0.2, 0) is 11.2 Å². The molecule has 0 radical (unpaired) electrons. The Bertz CT molecular complexity index is 732. The van der Waals surface area contributed by atoms with E-state index in [2.05, 4.69) is 5.32 Å². The molecule has 1 aromatic heterocycles. The minimum Gasteiger partial charge on any atom is -0.459 e. The highest BCUT2D eigenvalue weighted by molar-refractivity contribution is 6.03. The van der Waals surface area contributed by atoms with Crippen LogP contribution in [-0.4, -0.2) is 18.4 Å². The zero-order valence-electron chi connectivity index (χ0n) is 12.0. The summed E-state index contributed by atoms with van der Waals surface area (Å²) < 4.78 is 5.08. The average Bonchev–Trinajstić information content (AvgIpc) is 3.07. The van der Waals surface area contributed by atoms with Crippen molar-refractivity contribution in [3.8, 4) is 0 Å². The minimum absolute atomic E-state index is 0.201. The second kappa shape index (κ2) is 5.02. The molecule has 2 heterocycles. The lowest BCUT2D eigenvalue weighted by Crippen LogP contribution is -2.30. The van der Waals surface area contributed by atoms with E-state index < -0.39 is 0 Å². The summed E-state index contributed by atoms with van der Waals surface area (Å²) in [6.07, 6.45) is 4.34. The molecule has 0 atom stereocenters. The fraction of sp³-hybridized carbons (Fsp3) is 0.294. The predicted molar refractivity (Wildman–Crippen MR) is 81.9 cm³/mol. The van der Waals surface area contributed by atoms with Gasteiger partial charge in [0.2, 0.25) is 5.91 Å². The highest BCUT2D eigenvalue weighted by Gasteiger charge is 2.36. The van der Waals surface area contributed by atoms with Crippen LogP contribution in [0.15, 0.2) is 41.0 Å². The monoisotopic (exact) mass is 296 g/mol. The second-order valence-electron chi connectivity index (χ2n) is 5.79. The molecular formula is C17H16N2O3. The number of carbonyl (C=O) groups is 2. The average molecular weight is 296 g/mol. The van der Waals surface area contributed by atoms with Gasteiger partial charge in [-0.05, 0) is 49.1 Å². The smallest absolute Gasteiger partial charge is 0.291 e. The summed E-state index contributed by atoms with van der Waals surface area (Å²) >= 11 is 0. The number of carbonyl (C=O) groups excluding carboxylic acids is 2. The third-order valence-electron chi connectivity index (χ3n) is 4.18. The summed E-state index contributed by atoms with van der Waals surface area (Å²) in [5, 5.41) is 2.81. The molecule has 112 valence electrons. The van der Waals surface area contributed by atoms with Crippen LogP contribution in [0.4, 0.5) is 11.4 Å². The Hall–Kier alpha value is -2.56. The highest BCUT2D eigenvalue weighted by Crippen LogP contribution is 2.37. The third kappa shape index (κ3) is 2.28. The molecule has 22 heavy (non-hydrogen) atoms. The molecule has 1 fully saturated rings. The Kier molecular flexibility index (Phi) is 2.99. The molecule has 5 heteroatoms. The van der Waals surface area contributed by atoms with Crippen molar-refractivity contribution >= 4 is 23.2 Å². The molecule has 0 unspecified atom stereocenters. The van der Waals surface area contributed by atoms with Gasteiger partial charge in [0.15, 0.2) is 5.76 Å². The summed E-state index contributed by atoms with van der Waals surface area (Å²) in [7, 11) is 0. The number of anilines is 2. The van der Waals surface area contributed by atoms with Gasteiger partial charge < -0.3 is 14.6 Å². The lowest BCUT2D eigenvalue weighted by Gasteiger charge is -2.17. The molecule has 2 aliphatic rings. The number of hydrogen-bond acceptors (Lipinski definition) is 3. The van der Waals surface area contributed by atoms with Crippen LogP contribution in [0.2, 0.25) is 0 Å². The fourth-order valence-electron chi connectivity index (χ4n) is 2.84. The van der Waals surface area contributed by atoms with Gasteiger partial charge in [0.25, 0.3) is 5.91 Å². The normalized spacial score (nSPS) is 16.5. The summed E-state index contributed by atoms with van der Waals surface area (Å²) in [5.74, 6) is 0.398. The van der Waals surface area contributed by atoms with E-state index in [9.17, 15) is 9.59 Å². The van der Waals surface area contributed by atoms with Crippen LogP contribution in [0.25, 0.3) is 0 Å². The molecule has 1 aliphatic heterocycles. The number of amides is 2. The van der Waals surface area contributed by atoms with Crippen molar-refractivity contribution in [2.45, 2.75) is 19.3 Å². The van der Waals surface area contributed by atoms with Gasteiger partial charge in [0.05, 0.1) is 6.26 Å². The number of nitrogens with one attached hydrogen (secondary N) is 1. The maximum absolute atomic E-state index is 12.3. The summed E-state index contributed by atoms with van der Waals surface area (Å²) in [6, 6.07) is 9.01. The molecule has 0 bridgehead atoms. The van der Waals surface area contributed by atoms with Crippen LogP contribution >= 0.6 is 0 Å². The third-order valence-corrected chi connectivity index (χ3v) is 4.18. The van der Waals surface area contributed by atoms with Gasteiger partial charge in [0.1, 0.15) is 0 Å². The Morgan fingerprint density at radius 1 is 1.23 bits per heavy atom. The van der Waals surface area contributed by atoms with E-state index in [0.29, 0.717) is 5.69 Å². The number of rotatable bonds is 3. The maximum atomic E-state index is 12.3. The molecule has 1 aromatic carbocycles. The molecule has 1 N–H and O–H groups in total. The molecule has 2 amide bonds. The molecule has 0 saturated heterocycles. The minimum atomic E-state index is -0.289. The zero-order valence-corrected chi connectivity index (χ0v) is 12.0. The van der Waals surface area contributed by atoms with Gasteiger partial charge in [-0.15, -0.1) is 0 Å². The maximum Gasteiger partial charge on any atom is 0.291 e. The first-order valence-corrected chi connectivity index (χ1v) is 7.51. The van der Waals surface area contributed by atoms with Gasteiger partial charge in [-0.3, -0.25) is 9.59 Å². The van der Waals surface area contributed by atoms with E-state index in [1.807, 2.05) is 23.1 Å². The Morgan fingerprint density at radius 3 is 2.82 bits per heavy atom. The van der Waals surface area contributed by atoms with Crippen LogP contribution in [0.5, 0.6) is 0 Å². The molecule has 5 nitrogen and oxygen atoms in total. The quantitative estimate of drug-likeness (QED) is 0.947. The van der Waals surface area contributed by atoms with E-state index in [-0.39, 0.29) is 23.5 Å². The highest BCUT2D eigenvalue weighted by atomic mass is 16.3. The van der Waals surface area contributed by atoms with Crippen molar-refractivity contribution in [2.24, 2.45) is 5.92 Å². The van der Waals surface area contributed by atoms with Crippen LogP contribution in [0, 0.1) is 5.92 Å². The van der Waals surface area contributed by atoms with Crippen molar-refractivity contribution in [1.82, 2.24) is 0 Å². The number of nitrogens with zero attached hydrogens (tertiary/aromatic N) is 1. The van der Waals surface area contributed by atoms with Crippen molar-refractivity contribution < 1.29 is 14.0 Å². The SMILES string of the molecule is O=C(Nc1ccc2c(c1)N(C(=O)C1CC1)CC2)c1ccco1. The summed E-state index contributed by atoms with van der Waals surface area (Å²) in [4.78, 5) is 26.2. The first kappa shape index (κ1) is 13.1. The van der Waals surface area contributed by atoms with Crippen LogP contribution in [0.1, 0.15) is 29.0 Å². The zero-order chi connectivity index (χ0) is 15.1. The summed E-state index contributed by atoms with van der Waals surface area (Å²) in [5.41, 5.74) is 2.76. The Morgan fingerprint density at radius 2 is 2.09 bits per heavy atom. The van der Waals surface area contributed by atoms with E-state index in [4.69, 9.17) is 4.42 Å². The lowest BCUT2D eigenvalue weighted by molar-refractivity contribution is -0.119. The Labute approximate surface area is 127 Å². The molecule has 1 aliphatic carbocycles. The molecule has 2 aromatic rings. The van der Waals surface area contributed by atoms with Gasteiger partial charge in [-0.1, -0.05) is 6.07 Å². The van der Waals surface area contributed by atoms with Gasteiger partial charge >= 0.3 is 0 Å². The largest absolute Gasteiger partial charge is 0.459 e. The first-order valence-electron chi connectivity index (χ1n) is 7.51. The predicted octanol–water partition coefficient (Wildman–Crippen LogP) is 2.83. The number of benzene rings is 1. The van der Waals surface area contributed by atoms with Crippen LogP contribution in [0.3, 0.4) is 0 Å². The standard InChI is InChI=1S/C17H16N2O3/c20-16(15-2-1-9-22-15)18-13-6-5-11-7-8-19(14(11)10-13)17(21)12-3-4-12/h1-2,5-6,9-10,12H,3-4,7-8H2,(H,18,20). The van der Waals surface area contributed by atoms with Crippen LogP contribution < -0.4 is 10.2 Å². The number of furan rings is 1. The number of fused-ring (bicyclic) bond motifs is 1. The topological polar surface area (TPSA) is 62.6 Å². The van der Waals surface area contributed by atoms with E-state index in [1.54, 1.807) is 12.1 Å². The van der Waals surface area contributed by atoms with E-state index in [0.717, 1.165) is 37.1 Å². The molecule has 1 saturated carbocycles. The number of hydrogen-bond donors (Lipinski definition) is 1.